The number of carbonyl (C=O) groups is 3. The molecule has 6 nitrogen and oxygen atoms in total. The summed E-state index contributed by atoms with van der Waals surface area (Å²) < 4.78 is 0. The number of nitrogens with two attached hydrogens (primary N) is 1. The molecule has 0 aromatic heterocycles. The van der Waals surface area contributed by atoms with Crippen molar-refractivity contribution in [2.45, 2.75) is 38.6 Å². The third kappa shape index (κ3) is 4.07. The highest BCUT2D eigenvalue weighted by Crippen LogP contribution is 2.31. The number of primary amides is 1. The molecular formula is C19H23N3O3. The summed E-state index contributed by atoms with van der Waals surface area (Å²) in [6.07, 6.45) is 6.83. The Labute approximate surface area is 146 Å². The molecule has 132 valence electrons. The van der Waals surface area contributed by atoms with Gasteiger partial charge in [-0.15, -0.1) is 0 Å². The van der Waals surface area contributed by atoms with E-state index in [1.807, 2.05) is 25.1 Å². The molecule has 6 heteroatoms. The lowest BCUT2D eigenvalue weighted by molar-refractivity contribution is -0.122. The second kappa shape index (κ2) is 7.09. The zero-order chi connectivity index (χ0) is 18.0. The monoisotopic (exact) mass is 341 g/mol. The van der Waals surface area contributed by atoms with E-state index in [0.717, 1.165) is 18.4 Å². The van der Waals surface area contributed by atoms with Crippen molar-refractivity contribution in [1.82, 2.24) is 5.32 Å². The first-order valence-corrected chi connectivity index (χ1v) is 8.62. The summed E-state index contributed by atoms with van der Waals surface area (Å²) in [5, 5.41) is 5.79. The predicted molar refractivity (Wildman–Crippen MR) is 94.8 cm³/mol. The lowest BCUT2D eigenvalue weighted by atomic mass is 9.88. The predicted octanol–water partition coefficient (Wildman–Crippen LogP) is 1.89. The minimum absolute atomic E-state index is 0.00636. The highest BCUT2D eigenvalue weighted by Gasteiger charge is 2.30. The molecule has 0 aliphatic heterocycles. The van der Waals surface area contributed by atoms with E-state index in [1.54, 1.807) is 12.1 Å². The van der Waals surface area contributed by atoms with Crippen molar-refractivity contribution >= 4 is 23.4 Å². The summed E-state index contributed by atoms with van der Waals surface area (Å²) in [5.41, 5.74) is 7.44. The van der Waals surface area contributed by atoms with E-state index >= 15 is 0 Å². The molecular weight excluding hydrogens is 318 g/mol. The number of rotatable bonds is 5. The van der Waals surface area contributed by atoms with Gasteiger partial charge < -0.3 is 16.4 Å². The summed E-state index contributed by atoms with van der Waals surface area (Å²) >= 11 is 0. The quantitative estimate of drug-likeness (QED) is 0.713. The topological polar surface area (TPSA) is 101 Å². The maximum Gasteiger partial charge on any atom is 0.251 e. The summed E-state index contributed by atoms with van der Waals surface area (Å²) in [6, 6.07) is 4.91. The van der Waals surface area contributed by atoms with Crippen LogP contribution in [0.4, 0.5) is 5.69 Å². The normalized spacial score (nSPS) is 22.3. The Kier molecular flexibility index (Phi) is 4.88. The molecule has 3 amide bonds. The van der Waals surface area contributed by atoms with Gasteiger partial charge in [0.1, 0.15) is 0 Å². The van der Waals surface area contributed by atoms with Gasteiger partial charge >= 0.3 is 0 Å². The standard InChI is InChI=1S/C19H23N3O3/c1-11-6-7-13(10-16(11)22-18(24)12-8-9-12)19(25)21-15-5-3-2-4-14(15)17(20)23/h2-3,6-7,10,12,14-15H,4-5,8-9H2,1H3,(H2,20,23)(H,21,25)(H,22,24)/t14-,15+/m0/s1. The number of hydrogen-bond acceptors (Lipinski definition) is 3. The Hall–Kier alpha value is -2.63. The van der Waals surface area contributed by atoms with E-state index in [9.17, 15) is 14.4 Å². The van der Waals surface area contributed by atoms with Crippen molar-refractivity contribution in [1.29, 1.82) is 0 Å². The number of aryl methyl sites for hydroxylation is 1. The molecule has 1 aromatic carbocycles. The van der Waals surface area contributed by atoms with Crippen LogP contribution >= 0.6 is 0 Å². The van der Waals surface area contributed by atoms with E-state index in [4.69, 9.17) is 5.73 Å². The molecule has 0 saturated heterocycles. The van der Waals surface area contributed by atoms with Crippen LogP contribution in [0.3, 0.4) is 0 Å². The van der Waals surface area contributed by atoms with Crippen LogP contribution in [-0.2, 0) is 9.59 Å². The Morgan fingerprint density at radius 2 is 1.84 bits per heavy atom. The van der Waals surface area contributed by atoms with Gasteiger partial charge in [-0.3, -0.25) is 14.4 Å². The van der Waals surface area contributed by atoms with Crippen LogP contribution in [0.2, 0.25) is 0 Å². The average Bonchev–Trinajstić information content (AvgIpc) is 3.42. The van der Waals surface area contributed by atoms with Gasteiger partial charge in [-0.2, -0.15) is 0 Å². The molecule has 3 rings (SSSR count). The largest absolute Gasteiger partial charge is 0.369 e. The van der Waals surface area contributed by atoms with E-state index in [0.29, 0.717) is 24.1 Å². The van der Waals surface area contributed by atoms with Crippen LogP contribution in [0, 0.1) is 18.8 Å². The average molecular weight is 341 g/mol. The molecule has 0 spiro atoms. The molecule has 4 N–H and O–H groups in total. The van der Waals surface area contributed by atoms with E-state index in [2.05, 4.69) is 10.6 Å². The first-order valence-electron chi connectivity index (χ1n) is 8.62. The molecule has 0 radical (unpaired) electrons. The first kappa shape index (κ1) is 17.2. The lowest BCUT2D eigenvalue weighted by Gasteiger charge is -2.27. The van der Waals surface area contributed by atoms with Crippen LogP contribution in [0.1, 0.15) is 41.6 Å². The van der Waals surface area contributed by atoms with Crippen molar-refractivity contribution in [2.75, 3.05) is 5.32 Å². The number of allylic oxidation sites excluding steroid dienone is 1. The number of carbonyl (C=O) groups excluding carboxylic acids is 3. The number of anilines is 1. The summed E-state index contributed by atoms with van der Waals surface area (Å²) in [6.45, 7) is 1.89. The SMILES string of the molecule is Cc1ccc(C(=O)N[C@@H]2CC=CC[C@@H]2C(N)=O)cc1NC(=O)C1CC1. The third-order valence-corrected chi connectivity index (χ3v) is 4.82. The molecule has 2 aliphatic carbocycles. The number of benzene rings is 1. The number of nitrogens with one attached hydrogen (secondary N) is 2. The maximum absolute atomic E-state index is 12.6. The lowest BCUT2D eigenvalue weighted by Crippen LogP contribution is -2.46. The van der Waals surface area contributed by atoms with E-state index < -0.39 is 11.8 Å². The fourth-order valence-electron chi connectivity index (χ4n) is 3.02. The molecule has 2 atom stereocenters. The van der Waals surface area contributed by atoms with Crippen molar-refractivity contribution < 1.29 is 14.4 Å². The fourth-order valence-corrected chi connectivity index (χ4v) is 3.02. The Morgan fingerprint density at radius 1 is 1.12 bits per heavy atom. The van der Waals surface area contributed by atoms with E-state index in [1.165, 1.54) is 0 Å². The second-order valence-electron chi connectivity index (χ2n) is 6.82. The van der Waals surface area contributed by atoms with Gasteiger partial charge in [-0.25, -0.2) is 0 Å². The highest BCUT2D eigenvalue weighted by molar-refractivity contribution is 5.99. The molecule has 1 fully saturated rings. The molecule has 0 unspecified atom stereocenters. The number of hydrogen-bond donors (Lipinski definition) is 3. The maximum atomic E-state index is 12.6. The Morgan fingerprint density at radius 3 is 2.52 bits per heavy atom. The minimum atomic E-state index is -0.407. The zero-order valence-electron chi connectivity index (χ0n) is 14.2. The van der Waals surface area contributed by atoms with Gasteiger partial charge in [0.25, 0.3) is 5.91 Å². The minimum Gasteiger partial charge on any atom is -0.369 e. The van der Waals surface area contributed by atoms with Gasteiger partial charge in [-0.1, -0.05) is 18.2 Å². The molecule has 1 aromatic rings. The Balaban J connectivity index is 1.72. The Bertz CT molecular complexity index is 737. The van der Waals surface area contributed by atoms with Gasteiger partial charge in [0.15, 0.2) is 0 Å². The van der Waals surface area contributed by atoms with Crippen LogP contribution in [-0.4, -0.2) is 23.8 Å². The van der Waals surface area contributed by atoms with Gasteiger partial charge in [0.2, 0.25) is 11.8 Å². The summed E-state index contributed by atoms with van der Waals surface area (Å²) in [4.78, 5) is 36.1. The fraction of sp³-hybridized carbons (Fsp3) is 0.421. The molecule has 2 aliphatic rings. The van der Waals surface area contributed by atoms with Crippen molar-refractivity contribution in [3.8, 4) is 0 Å². The second-order valence-corrected chi connectivity index (χ2v) is 6.82. The third-order valence-electron chi connectivity index (χ3n) is 4.82. The smallest absolute Gasteiger partial charge is 0.251 e. The van der Waals surface area contributed by atoms with Crippen LogP contribution < -0.4 is 16.4 Å². The first-order chi connectivity index (χ1) is 12.0. The molecule has 25 heavy (non-hydrogen) atoms. The number of amides is 3. The summed E-state index contributed by atoms with van der Waals surface area (Å²) in [5.74, 6) is -0.966. The zero-order valence-corrected chi connectivity index (χ0v) is 14.2. The molecule has 0 heterocycles. The van der Waals surface area contributed by atoms with Gasteiger partial charge in [-0.05, 0) is 50.3 Å². The van der Waals surface area contributed by atoms with Gasteiger partial charge in [0, 0.05) is 23.2 Å². The van der Waals surface area contributed by atoms with Crippen molar-refractivity contribution in [3.63, 3.8) is 0 Å². The van der Waals surface area contributed by atoms with Gasteiger partial charge in [0.05, 0.1) is 5.92 Å². The van der Waals surface area contributed by atoms with Crippen LogP contribution in [0.5, 0.6) is 0 Å². The molecule has 1 saturated carbocycles. The summed E-state index contributed by atoms with van der Waals surface area (Å²) in [7, 11) is 0. The van der Waals surface area contributed by atoms with Crippen molar-refractivity contribution in [3.05, 3.63) is 41.5 Å². The van der Waals surface area contributed by atoms with Crippen LogP contribution in [0.15, 0.2) is 30.4 Å². The van der Waals surface area contributed by atoms with Crippen LogP contribution in [0.25, 0.3) is 0 Å². The van der Waals surface area contributed by atoms with E-state index in [-0.39, 0.29) is 23.8 Å². The highest BCUT2D eigenvalue weighted by atomic mass is 16.2. The van der Waals surface area contributed by atoms with Crippen molar-refractivity contribution in [2.24, 2.45) is 17.6 Å². The molecule has 0 bridgehead atoms.